The normalized spacial score (nSPS) is 14.3. The molecule has 0 bridgehead atoms. The highest BCUT2D eigenvalue weighted by molar-refractivity contribution is 5.96. The van der Waals surface area contributed by atoms with E-state index in [-0.39, 0.29) is 5.92 Å². The Morgan fingerprint density at radius 2 is 1.06 bits per heavy atom. The van der Waals surface area contributed by atoms with E-state index >= 15 is 0 Å². The Morgan fingerprint density at radius 1 is 0.667 bits per heavy atom. The summed E-state index contributed by atoms with van der Waals surface area (Å²) in [4.78, 5) is 81.2. The van der Waals surface area contributed by atoms with E-state index in [0.29, 0.717) is 0 Å². The van der Waals surface area contributed by atoms with Gasteiger partial charge in [0.25, 0.3) is 0 Å². The zero-order chi connectivity index (χ0) is 25.9. The summed E-state index contributed by atoms with van der Waals surface area (Å²) in [6, 6.07) is -6.35. The maximum atomic E-state index is 12.5. The average Bonchev–Trinajstić information content (AvgIpc) is 2.67. The number of rotatable bonds is 15. The van der Waals surface area contributed by atoms with Crippen molar-refractivity contribution in [1.82, 2.24) is 16.0 Å². The molecule has 3 amide bonds. The summed E-state index contributed by atoms with van der Waals surface area (Å²) in [5.74, 6) is -9.68. The molecule has 15 heteroatoms. The molecule has 4 atom stereocenters. The molecule has 0 spiro atoms. The van der Waals surface area contributed by atoms with Gasteiger partial charge in [-0.2, -0.15) is 0 Å². The highest BCUT2D eigenvalue weighted by Gasteiger charge is 2.33. The van der Waals surface area contributed by atoms with Crippen LogP contribution in [0.4, 0.5) is 0 Å². The fraction of sp³-hybridized carbons (Fsp3) is 0.611. The van der Waals surface area contributed by atoms with Crippen molar-refractivity contribution in [2.45, 2.75) is 63.7 Å². The zero-order valence-electron chi connectivity index (χ0n) is 17.9. The van der Waals surface area contributed by atoms with Crippen LogP contribution in [0.1, 0.15) is 39.5 Å². The van der Waals surface area contributed by atoms with E-state index in [4.69, 9.17) is 26.2 Å². The van der Waals surface area contributed by atoms with Crippen LogP contribution in [0.15, 0.2) is 0 Å². The summed E-state index contributed by atoms with van der Waals surface area (Å²) in [6.45, 7) is 3.21. The summed E-state index contributed by atoms with van der Waals surface area (Å²) in [6.07, 6.45) is -3.06. The second-order valence-electron chi connectivity index (χ2n) is 7.42. The molecule has 0 aromatic rings. The van der Waals surface area contributed by atoms with Crippen LogP contribution in [0.3, 0.4) is 0 Å². The Kier molecular flexibility index (Phi) is 12.1. The van der Waals surface area contributed by atoms with Gasteiger partial charge in [-0.15, -0.1) is 0 Å². The quantitative estimate of drug-likeness (QED) is 0.120. The maximum Gasteiger partial charge on any atom is 0.326 e. The molecule has 4 unspecified atom stereocenters. The van der Waals surface area contributed by atoms with Gasteiger partial charge >= 0.3 is 23.9 Å². The Hall–Kier alpha value is -3.75. The van der Waals surface area contributed by atoms with E-state index < -0.39 is 91.4 Å². The number of carboxylic acids is 4. The molecule has 9 N–H and O–H groups in total. The maximum absolute atomic E-state index is 12.5. The Labute approximate surface area is 187 Å². The monoisotopic (exact) mass is 476 g/mol. The first kappa shape index (κ1) is 29.2. The van der Waals surface area contributed by atoms with Gasteiger partial charge in [0.1, 0.15) is 18.1 Å². The second-order valence-corrected chi connectivity index (χ2v) is 7.42. The minimum absolute atomic E-state index is 0.358. The molecular formula is C18H28N4O11. The highest BCUT2D eigenvalue weighted by Crippen LogP contribution is 2.04. The van der Waals surface area contributed by atoms with Crippen LogP contribution in [0.25, 0.3) is 0 Å². The Balaban J connectivity index is 5.56. The molecule has 0 aromatic carbocycles. The van der Waals surface area contributed by atoms with E-state index in [1.165, 1.54) is 0 Å². The molecule has 15 nitrogen and oxygen atoms in total. The third-order valence-corrected chi connectivity index (χ3v) is 4.31. The van der Waals surface area contributed by atoms with Gasteiger partial charge in [-0.1, -0.05) is 13.8 Å². The van der Waals surface area contributed by atoms with Crippen LogP contribution in [0.2, 0.25) is 0 Å². The molecule has 0 aliphatic rings. The molecule has 0 aliphatic heterocycles. The lowest BCUT2D eigenvalue weighted by Gasteiger charge is -2.24. The van der Waals surface area contributed by atoms with Crippen LogP contribution in [-0.2, 0) is 33.6 Å². The summed E-state index contributed by atoms with van der Waals surface area (Å²) < 4.78 is 0. The van der Waals surface area contributed by atoms with Crippen molar-refractivity contribution >= 4 is 41.6 Å². The van der Waals surface area contributed by atoms with E-state index in [9.17, 15) is 33.6 Å². The van der Waals surface area contributed by atoms with Crippen LogP contribution in [-0.4, -0.2) is 86.2 Å². The Bertz CT molecular complexity index is 783. The molecule has 0 saturated heterocycles. The second kappa shape index (κ2) is 13.6. The summed E-state index contributed by atoms with van der Waals surface area (Å²) in [5.41, 5.74) is 5.66. The lowest BCUT2D eigenvalue weighted by atomic mass is 10.0. The molecule has 0 aromatic heterocycles. The summed E-state index contributed by atoms with van der Waals surface area (Å²) >= 11 is 0. The fourth-order valence-electron chi connectivity index (χ4n) is 2.41. The van der Waals surface area contributed by atoms with Crippen LogP contribution < -0.4 is 21.7 Å². The van der Waals surface area contributed by atoms with Crippen LogP contribution >= 0.6 is 0 Å². The van der Waals surface area contributed by atoms with Gasteiger partial charge in [0.05, 0.1) is 18.9 Å². The van der Waals surface area contributed by atoms with E-state index in [1.807, 2.05) is 10.6 Å². The number of hydrogen-bond donors (Lipinski definition) is 8. The standard InChI is InChI=1S/C18H28N4O11/c1-7(2)14(19)17(31)22-10(6-13(27)28)16(30)21-9(5-12(25)26)15(29)20-8(18(32)33)3-4-11(23)24/h7-10,14H,3-6,19H2,1-2H3,(H,20,29)(H,21,30)(H,22,31)(H,23,24)(H,25,26)(H,27,28)(H,32,33). The van der Waals surface area contributed by atoms with Gasteiger partial charge in [-0.05, 0) is 12.3 Å². The molecule has 0 aliphatic carbocycles. The van der Waals surface area contributed by atoms with E-state index in [0.717, 1.165) is 0 Å². The van der Waals surface area contributed by atoms with Gasteiger partial charge in [0, 0.05) is 6.42 Å². The minimum Gasteiger partial charge on any atom is -0.481 e. The van der Waals surface area contributed by atoms with Gasteiger partial charge in [-0.25, -0.2) is 4.79 Å². The van der Waals surface area contributed by atoms with Gasteiger partial charge < -0.3 is 42.1 Å². The number of nitrogens with one attached hydrogen (secondary N) is 3. The van der Waals surface area contributed by atoms with Crippen LogP contribution in [0.5, 0.6) is 0 Å². The van der Waals surface area contributed by atoms with Crippen molar-refractivity contribution in [2.75, 3.05) is 0 Å². The lowest BCUT2D eigenvalue weighted by Crippen LogP contribution is -2.58. The van der Waals surface area contributed by atoms with Gasteiger partial charge in [0.2, 0.25) is 17.7 Å². The fourth-order valence-corrected chi connectivity index (χ4v) is 2.41. The molecule has 186 valence electrons. The molecule has 0 rings (SSSR count). The third kappa shape index (κ3) is 11.4. The number of nitrogens with two attached hydrogens (primary N) is 1. The Morgan fingerprint density at radius 3 is 1.39 bits per heavy atom. The largest absolute Gasteiger partial charge is 0.481 e. The molecule has 0 radical (unpaired) electrons. The molecule has 0 saturated carbocycles. The first-order chi connectivity index (χ1) is 15.1. The van der Waals surface area contributed by atoms with E-state index in [2.05, 4.69) is 5.32 Å². The average molecular weight is 476 g/mol. The molecular weight excluding hydrogens is 448 g/mol. The zero-order valence-corrected chi connectivity index (χ0v) is 17.9. The number of hydrogen-bond acceptors (Lipinski definition) is 8. The van der Waals surface area contributed by atoms with Gasteiger partial charge in [0.15, 0.2) is 0 Å². The van der Waals surface area contributed by atoms with Crippen molar-refractivity contribution in [2.24, 2.45) is 11.7 Å². The van der Waals surface area contributed by atoms with Crippen molar-refractivity contribution in [3.05, 3.63) is 0 Å². The van der Waals surface area contributed by atoms with E-state index in [1.54, 1.807) is 13.8 Å². The van der Waals surface area contributed by atoms with Crippen molar-refractivity contribution in [3.8, 4) is 0 Å². The van der Waals surface area contributed by atoms with Crippen molar-refractivity contribution < 1.29 is 54.0 Å². The van der Waals surface area contributed by atoms with Crippen LogP contribution in [0, 0.1) is 5.92 Å². The van der Waals surface area contributed by atoms with Crippen molar-refractivity contribution in [1.29, 1.82) is 0 Å². The lowest BCUT2D eigenvalue weighted by molar-refractivity contribution is -0.145. The first-order valence-electron chi connectivity index (χ1n) is 9.70. The highest BCUT2D eigenvalue weighted by atomic mass is 16.4. The minimum atomic E-state index is -1.85. The molecule has 0 fully saturated rings. The third-order valence-electron chi connectivity index (χ3n) is 4.31. The summed E-state index contributed by atoms with van der Waals surface area (Å²) in [5, 5.41) is 41.9. The first-order valence-corrected chi connectivity index (χ1v) is 9.70. The topological polar surface area (TPSA) is 263 Å². The SMILES string of the molecule is CC(C)C(N)C(=O)NC(CC(=O)O)C(=O)NC(CC(=O)O)C(=O)NC(CCC(=O)O)C(=O)O. The van der Waals surface area contributed by atoms with Gasteiger partial charge in [-0.3, -0.25) is 28.8 Å². The number of carbonyl (C=O) groups is 7. The predicted octanol–water partition coefficient (Wildman–Crippen LogP) is -2.68. The number of amides is 3. The molecule has 0 heterocycles. The molecule has 33 heavy (non-hydrogen) atoms. The van der Waals surface area contributed by atoms with Crippen molar-refractivity contribution in [3.63, 3.8) is 0 Å². The number of carboxylic acid groups (broad SMARTS) is 4. The number of aliphatic carboxylic acids is 4. The predicted molar refractivity (Wildman–Crippen MR) is 108 cm³/mol. The smallest absolute Gasteiger partial charge is 0.326 e. The summed E-state index contributed by atoms with van der Waals surface area (Å²) in [7, 11) is 0. The number of carbonyl (C=O) groups excluding carboxylic acids is 3.